The summed E-state index contributed by atoms with van der Waals surface area (Å²) in [4.78, 5) is 4.08. The molecule has 58 valence electrons. The molecule has 2 rings (SSSR count). The van der Waals surface area contributed by atoms with Gasteiger partial charge < -0.3 is 0 Å². The van der Waals surface area contributed by atoms with Crippen LogP contribution in [0.4, 0.5) is 0 Å². The first-order chi connectivity index (χ1) is 5.81. The standard InChI is InChI=1S/C8H3ClN2S/c9-6-3-5(4-10)11-7-1-2-12-8(6)7/h1-3H. The first-order valence-electron chi connectivity index (χ1n) is 3.25. The van der Waals surface area contributed by atoms with Gasteiger partial charge in [-0.15, -0.1) is 11.3 Å². The van der Waals surface area contributed by atoms with Gasteiger partial charge in [-0.25, -0.2) is 4.98 Å². The van der Waals surface area contributed by atoms with Crippen molar-refractivity contribution in [1.29, 1.82) is 5.26 Å². The lowest BCUT2D eigenvalue weighted by Gasteiger charge is -1.92. The number of hydrogen-bond acceptors (Lipinski definition) is 3. The lowest BCUT2D eigenvalue weighted by molar-refractivity contribution is 1.33. The highest BCUT2D eigenvalue weighted by molar-refractivity contribution is 7.17. The van der Waals surface area contributed by atoms with E-state index in [0.717, 1.165) is 10.2 Å². The Morgan fingerprint density at radius 1 is 1.58 bits per heavy atom. The predicted octanol–water partition coefficient (Wildman–Crippen LogP) is 2.82. The van der Waals surface area contributed by atoms with Gasteiger partial charge in [0, 0.05) is 0 Å². The minimum absolute atomic E-state index is 0.367. The third kappa shape index (κ3) is 1.06. The molecule has 0 aromatic carbocycles. The molecule has 0 saturated heterocycles. The van der Waals surface area contributed by atoms with E-state index in [1.54, 1.807) is 6.07 Å². The van der Waals surface area contributed by atoms with E-state index in [1.807, 2.05) is 17.5 Å². The van der Waals surface area contributed by atoms with Gasteiger partial charge in [0.1, 0.15) is 11.8 Å². The smallest absolute Gasteiger partial charge is 0.142 e. The van der Waals surface area contributed by atoms with Gasteiger partial charge in [-0.2, -0.15) is 5.26 Å². The van der Waals surface area contributed by atoms with Crippen molar-refractivity contribution in [3.8, 4) is 6.07 Å². The molecule has 0 amide bonds. The van der Waals surface area contributed by atoms with Gasteiger partial charge in [-0.3, -0.25) is 0 Å². The highest BCUT2D eigenvalue weighted by Crippen LogP contribution is 2.27. The maximum Gasteiger partial charge on any atom is 0.142 e. The van der Waals surface area contributed by atoms with Crippen LogP contribution in [-0.2, 0) is 0 Å². The van der Waals surface area contributed by atoms with Crippen LogP contribution in [0, 0.1) is 11.3 Å². The SMILES string of the molecule is N#Cc1cc(Cl)c2sccc2n1. The third-order valence-electron chi connectivity index (χ3n) is 1.48. The summed E-state index contributed by atoms with van der Waals surface area (Å²) in [5.74, 6) is 0. The van der Waals surface area contributed by atoms with Gasteiger partial charge in [-0.1, -0.05) is 11.6 Å². The Hall–Kier alpha value is -1.11. The molecule has 0 bridgehead atoms. The summed E-state index contributed by atoms with van der Waals surface area (Å²) in [6.07, 6.45) is 0. The van der Waals surface area contributed by atoms with Crippen molar-refractivity contribution < 1.29 is 0 Å². The van der Waals surface area contributed by atoms with Crippen molar-refractivity contribution >= 4 is 33.2 Å². The van der Waals surface area contributed by atoms with E-state index in [-0.39, 0.29) is 0 Å². The molecule has 0 aliphatic heterocycles. The van der Waals surface area contributed by atoms with Crippen LogP contribution in [0.15, 0.2) is 17.5 Å². The molecule has 0 aliphatic carbocycles. The molecular weight excluding hydrogens is 192 g/mol. The van der Waals surface area contributed by atoms with E-state index in [4.69, 9.17) is 16.9 Å². The van der Waals surface area contributed by atoms with Gasteiger partial charge in [-0.05, 0) is 17.5 Å². The molecule has 0 N–H and O–H groups in total. The molecule has 0 saturated carbocycles. The molecular formula is C8H3ClN2S. The quantitative estimate of drug-likeness (QED) is 0.647. The van der Waals surface area contributed by atoms with E-state index in [9.17, 15) is 0 Å². The molecule has 0 atom stereocenters. The second-order valence-electron chi connectivity index (χ2n) is 2.24. The minimum atomic E-state index is 0.367. The van der Waals surface area contributed by atoms with Crippen LogP contribution >= 0.6 is 22.9 Å². The van der Waals surface area contributed by atoms with Gasteiger partial charge >= 0.3 is 0 Å². The molecule has 2 heterocycles. The first kappa shape index (κ1) is 7.53. The molecule has 2 aromatic rings. The number of thiophene rings is 1. The van der Waals surface area contributed by atoms with E-state index in [0.29, 0.717) is 10.7 Å². The maximum absolute atomic E-state index is 8.59. The Balaban J connectivity index is 2.86. The Bertz CT molecular complexity index is 469. The molecule has 0 unspecified atom stereocenters. The van der Waals surface area contributed by atoms with E-state index < -0.39 is 0 Å². The lowest BCUT2D eigenvalue weighted by Crippen LogP contribution is -1.81. The fraction of sp³-hybridized carbons (Fsp3) is 0. The predicted molar refractivity (Wildman–Crippen MR) is 49.3 cm³/mol. The molecule has 2 aromatic heterocycles. The van der Waals surface area contributed by atoms with Crippen LogP contribution < -0.4 is 0 Å². The van der Waals surface area contributed by atoms with Crippen LogP contribution in [-0.4, -0.2) is 4.98 Å². The largest absolute Gasteiger partial charge is 0.236 e. The number of fused-ring (bicyclic) bond motifs is 1. The number of nitrogens with zero attached hydrogens (tertiary/aromatic N) is 2. The summed E-state index contributed by atoms with van der Waals surface area (Å²) >= 11 is 7.43. The van der Waals surface area contributed by atoms with Crippen molar-refractivity contribution in [2.45, 2.75) is 0 Å². The van der Waals surface area contributed by atoms with Crippen molar-refractivity contribution in [2.75, 3.05) is 0 Å². The highest BCUT2D eigenvalue weighted by Gasteiger charge is 2.03. The molecule has 0 spiro atoms. The summed E-state index contributed by atoms with van der Waals surface area (Å²) in [6.45, 7) is 0. The summed E-state index contributed by atoms with van der Waals surface area (Å²) in [7, 11) is 0. The van der Waals surface area contributed by atoms with Crippen molar-refractivity contribution in [2.24, 2.45) is 0 Å². The Kier molecular flexibility index (Phi) is 1.72. The van der Waals surface area contributed by atoms with Gasteiger partial charge in [0.25, 0.3) is 0 Å². The first-order valence-corrected chi connectivity index (χ1v) is 4.51. The highest BCUT2D eigenvalue weighted by atomic mass is 35.5. The third-order valence-corrected chi connectivity index (χ3v) is 2.83. The number of aromatic nitrogens is 1. The van der Waals surface area contributed by atoms with Crippen molar-refractivity contribution in [3.63, 3.8) is 0 Å². The number of pyridine rings is 1. The van der Waals surface area contributed by atoms with Gasteiger partial charge in [0.15, 0.2) is 0 Å². The van der Waals surface area contributed by atoms with Crippen LogP contribution in [0.2, 0.25) is 5.02 Å². The molecule has 4 heteroatoms. The van der Waals surface area contributed by atoms with E-state index in [2.05, 4.69) is 4.98 Å². The molecule has 0 radical (unpaired) electrons. The molecule has 0 aliphatic rings. The minimum Gasteiger partial charge on any atom is -0.236 e. The zero-order chi connectivity index (χ0) is 8.55. The maximum atomic E-state index is 8.59. The zero-order valence-electron chi connectivity index (χ0n) is 5.91. The number of halogens is 1. The fourth-order valence-corrected chi connectivity index (χ4v) is 2.05. The Labute approximate surface area is 78.0 Å². The van der Waals surface area contributed by atoms with Crippen molar-refractivity contribution in [1.82, 2.24) is 4.98 Å². The summed E-state index contributed by atoms with van der Waals surface area (Å²) in [5.41, 5.74) is 1.16. The van der Waals surface area contributed by atoms with Gasteiger partial charge in [0.05, 0.1) is 15.2 Å². The number of hydrogen-bond donors (Lipinski definition) is 0. The number of nitriles is 1. The summed E-state index contributed by atoms with van der Waals surface area (Å²) in [5, 5.41) is 11.1. The van der Waals surface area contributed by atoms with E-state index >= 15 is 0 Å². The molecule has 0 fully saturated rings. The molecule has 12 heavy (non-hydrogen) atoms. The number of rotatable bonds is 0. The lowest BCUT2D eigenvalue weighted by atomic mass is 10.3. The average molecular weight is 195 g/mol. The van der Waals surface area contributed by atoms with Crippen LogP contribution in [0.5, 0.6) is 0 Å². The average Bonchev–Trinajstić information content (AvgIpc) is 2.52. The van der Waals surface area contributed by atoms with E-state index in [1.165, 1.54) is 11.3 Å². The second-order valence-corrected chi connectivity index (χ2v) is 3.56. The van der Waals surface area contributed by atoms with Crippen LogP contribution in [0.25, 0.3) is 10.2 Å². The van der Waals surface area contributed by atoms with Crippen molar-refractivity contribution in [3.05, 3.63) is 28.2 Å². The van der Waals surface area contributed by atoms with Gasteiger partial charge in [0.2, 0.25) is 0 Å². The monoisotopic (exact) mass is 194 g/mol. The van der Waals surface area contributed by atoms with Crippen LogP contribution in [0.1, 0.15) is 5.69 Å². The van der Waals surface area contributed by atoms with Crippen LogP contribution in [0.3, 0.4) is 0 Å². The Morgan fingerprint density at radius 3 is 3.17 bits per heavy atom. The Morgan fingerprint density at radius 2 is 2.42 bits per heavy atom. The second kappa shape index (κ2) is 2.74. The zero-order valence-corrected chi connectivity index (χ0v) is 7.49. The summed E-state index contributed by atoms with van der Waals surface area (Å²) in [6, 6.07) is 5.40. The summed E-state index contributed by atoms with van der Waals surface area (Å²) < 4.78 is 0.940. The fourth-order valence-electron chi connectivity index (χ4n) is 0.974. The normalized spacial score (nSPS) is 10.0. The molecule has 2 nitrogen and oxygen atoms in total. The topological polar surface area (TPSA) is 36.7 Å².